The summed E-state index contributed by atoms with van der Waals surface area (Å²) < 4.78 is 0. The van der Waals surface area contributed by atoms with Crippen LogP contribution in [0, 0.1) is 6.92 Å². The highest BCUT2D eigenvalue weighted by atomic mass is 15.1. The molecule has 0 saturated carbocycles. The Kier molecular flexibility index (Phi) is 3.88. The minimum Gasteiger partial charge on any atom is -0.316 e. The van der Waals surface area contributed by atoms with E-state index in [1.807, 2.05) is 0 Å². The number of nitrogens with zero attached hydrogens (tertiary/aromatic N) is 1. The van der Waals surface area contributed by atoms with Crippen LogP contribution in [0.4, 0.5) is 0 Å². The fourth-order valence-corrected chi connectivity index (χ4v) is 3.09. The van der Waals surface area contributed by atoms with Gasteiger partial charge in [0.2, 0.25) is 0 Å². The molecule has 1 saturated heterocycles. The number of hydrogen-bond acceptors (Lipinski definition) is 2. The third-order valence-corrected chi connectivity index (χ3v) is 4.39. The molecule has 20 heavy (non-hydrogen) atoms. The van der Waals surface area contributed by atoms with Crippen LogP contribution in [0.1, 0.15) is 42.5 Å². The summed E-state index contributed by atoms with van der Waals surface area (Å²) in [7, 11) is 0. The van der Waals surface area contributed by atoms with E-state index < -0.39 is 0 Å². The number of rotatable bonds is 3. The van der Waals surface area contributed by atoms with Crippen LogP contribution < -0.4 is 5.32 Å². The highest BCUT2D eigenvalue weighted by Gasteiger charge is 2.21. The molecular formula is C17H23N3. The summed E-state index contributed by atoms with van der Waals surface area (Å²) in [5.41, 5.74) is 6.31. The molecule has 0 aliphatic carbocycles. The molecule has 1 fully saturated rings. The largest absolute Gasteiger partial charge is 0.316 e. The second-order valence-corrected chi connectivity index (χ2v) is 5.70. The molecule has 3 nitrogen and oxygen atoms in total. The first-order valence-electron chi connectivity index (χ1n) is 7.64. The van der Waals surface area contributed by atoms with Crippen molar-refractivity contribution in [1.29, 1.82) is 0 Å². The Hall–Kier alpha value is -1.61. The van der Waals surface area contributed by atoms with Gasteiger partial charge in [-0.2, -0.15) is 5.10 Å². The third kappa shape index (κ3) is 2.50. The first-order chi connectivity index (χ1) is 9.79. The number of benzene rings is 1. The molecule has 1 aromatic heterocycles. The topological polar surface area (TPSA) is 40.7 Å². The van der Waals surface area contributed by atoms with Crippen molar-refractivity contribution in [2.45, 2.75) is 39.0 Å². The zero-order chi connectivity index (χ0) is 13.9. The van der Waals surface area contributed by atoms with Gasteiger partial charge in [0.25, 0.3) is 0 Å². The predicted molar refractivity (Wildman–Crippen MR) is 83.0 cm³/mol. The lowest BCUT2D eigenvalue weighted by Gasteiger charge is -2.22. The minimum absolute atomic E-state index is 0.583. The summed E-state index contributed by atoms with van der Waals surface area (Å²) in [6, 6.07) is 8.77. The van der Waals surface area contributed by atoms with Crippen LogP contribution in [0.15, 0.2) is 24.3 Å². The molecule has 2 aromatic rings. The first-order valence-corrected chi connectivity index (χ1v) is 7.64. The van der Waals surface area contributed by atoms with Crippen LogP contribution in [0.2, 0.25) is 0 Å². The number of hydrogen-bond donors (Lipinski definition) is 2. The monoisotopic (exact) mass is 269 g/mol. The lowest BCUT2D eigenvalue weighted by molar-refractivity contribution is 0.453. The van der Waals surface area contributed by atoms with Gasteiger partial charge >= 0.3 is 0 Å². The lowest BCUT2D eigenvalue weighted by atomic mass is 9.92. The Morgan fingerprint density at radius 3 is 2.70 bits per heavy atom. The van der Waals surface area contributed by atoms with Crippen LogP contribution in [-0.2, 0) is 6.42 Å². The van der Waals surface area contributed by atoms with E-state index in [-0.39, 0.29) is 0 Å². The van der Waals surface area contributed by atoms with Gasteiger partial charge in [-0.05, 0) is 43.9 Å². The molecule has 1 aromatic carbocycles. The zero-order valence-electron chi connectivity index (χ0n) is 12.4. The Morgan fingerprint density at radius 1 is 1.25 bits per heavy atom. The molecule has 1 atom stereocenters. The van der Waals surface area contributed by atoms with E-state index in [0.717, 1.165) is 25.2 Å². The van der Waals surface area contributed by atoms with Crippen molar-refractivity contribution in [3.8, 4) is 11.3 Å². The molecular weight excluding hydrogens is 246 g/mol. The molecule has 0 radical (unpaired) electrons. The summed E-state index contributed by atoms with van der Waals surface area (Å²) in [5.74, 6) is 0.583. The average molecular weight is 269 g/mol. The van der Waals surface area contributed by atoms with E-state index >= 15 is 0 Å². The molecule has 1 aliphatic rings. The van der Waals surface area contributed by atoms with Crippen molar-refractivity contribution in [3.05, 3.63) is 41.1 Å². The van der Waals surface area contributed by atoms with Gasteiger partial charge in [0, 0.05) is 23.7 Å². The van der Waals surface area contributed by atoms with Crippen LogP contribution in [0.25, 0.3) is 11.3 Å². The molecule has 3 rings (SSSR count). The van der Waals surface area contributed by atoms with E-state index in [4.69, 9.17) is 0 Å². The fraction of sp³-hybridized carbons (Fsp3) is 0.471. The second-order valence-electron chi connectivity index (χ2n) is 5.70. The van der Waals surface area contributed by atoms with Crippen molar-refractivity contribution in [2.75, 3.05) is 13.1 Å². The molecule has 106 valence electrons. The summed E-state index contributed by atoms with van der Waals surface area (Å²) >= 11 is 0. The molecule has 2 N–H and O–H groups in total. The van der Waals surface area contributed by atoms with Gasteiger partial charge in [0.15, 0.2) is 0 Å². The molecule has 0 spiro atoms. The quantitative estimate of drug-likeness (QED) is 0.896. The number of aryl methyl sites for hydroxylation is 1. The second kappa shape index (κ2) is 5.80. The summed E-state index contributed by atoms with van der Waals surface area (Å²) in [6.07, 6.45) is 3.59. The molecule has 1 unspecified atom stereocenters. The minimum atomic E-state index is 0.583. The van der Waals surface area contributed by atoms with Crippen molar-refractivity contribution in [1.82, 2.24) is 15.5 Å². The van der Waals surface area contributed by atoms with E-state index in [1.54, 1.807) is 0 Å². The zero-order valence-corrected chi connectivity index (χ0v) is 12.4. The molecule has 2 heterocycles. The maximum Gasteiger partial charge on any atom is 0.0952 e. The van der Waals surface area contributed by atoms with Crippen LogP contribution in [0.3, 0.4) is 0 Å². The third-order valence-electron chi connectivity index (χ3n) is 4.39. The highest BCUT2D eigenvalue weighted by Crippen LogP contribution is 2.30. The first kappa shape index (κ1) is 13.4. The average Bonchev–Trinajstić information content (AvgIpc) is 2.90. The lowest BCUT2D eigenvalue weighted by Crippen LogP contribution is -2.28. The summed E-state index contributed by atoms with van der Waals surface area (Å²) in [6.45, 7) is 6.59. The van der Waals surface area contributed by atoms with E-state index in [2.05, 4.69) is 53.6 Å². The normalized spacial score (nSPS) is 19.2. The Balaban J connectivity index is 1.88. The number of piperidine rings is 1. The van der Waals surface area contributed by atoms with Gasteiger partial charge in [-0.25, -0.2) is 0 Å². The van der Waals surface area contributed by atoms with Gasteiger partial charge in [-0.3, -0.25) is 5.10 Å². The number of aromatic amines is 1. The fourth-order valence-electron chi connectivity index (χ4n) is 3.09. The van der Waals surface area contributed by atoms with Gasteiger partial charge < -0.3 is 5.32 Å². The number of nitrogens with one attached hydrogen (secondary N) is 2. The maximum absolute atomic E-state index is 4.56. The van der Waals surface area contributed by atoms with Crippen LogP contribution in [0.5, 0.6) is 0 Å². The number of aromatic nitrogens is 2. The van der Waals surface area contributed by atoms with E-state index in [1.165, 1.54) is 35.2 Å². The van der Waals surface area contributed by atoms with Gasteiger partial charge in [-0.15, -0.1) is 0 Å². The van der Waals surface area contributed by atoms with Gasteiger partial charge in [0.1, 0.15) is 0 Å². The van der Waals surface area contributed by atoms with Crippen molar-refractivity contribution in [3.63, 3.8) is 0 Å². The molecule has 3 heteroatoms. The molecule has 0 bridgehead atoms. The predicted octanol–water partition coefficient (Wildman–Crippen LogP) is 3.41. The smallest absolute Gasteiger partial charge is 0.0952 e. The van der Waals surface area contributed by atoms with Crippen molar-refractivity contribution in [2.24, 2.45) is 0 Å². The van der Waals surface area contributed by atoms with Crippen LogP contribution >= 0.6 is 0 Å². The SMILES string of the molecule is CCc1ccc(-c2n[nH]c(C3CCCNC3)c2C)cc1. The Bertz CT molecular complexity index is 562. The van der Waals surface area contributed by atoms with Gasteiger partial charge in [-0.1, -0.05) is 31.2 Å². The number of H-pyrrole nitrogens is 1. The summed E-state index contributed by atoms with van der Waals surface area (Å²) in [4.78, 5) is 0. The van der Waals surface area contributed by atoms with E-state index in [9.17, 15) is 0 Å². The Labute approximate surface area is 120 Å². The standard InChI is InChI=1S/C17H23N3/c1-3-13-6-8-14(9-7-13)16-12(2)17(20-19-16)15-5-4-10-18-11-15/h6-9,15,18H,3-5,10-11H2,1-2H3,(H,19,20). The van der Waals surface area contributed by atoms with E-state index in [0.29, 0.717) is 5.92 Å². The Morgan fingerprint density at radius 2 is 2.05 bits per heavy atom. The summed E-state index contributed by atoms with van der Waals surface area (Å²) in [5, 5.41) is 11.3. The molecule has 1 aliphatic heterocycles. The van der Waals surface area contributed by atoms with Crippen molar-refractivity contribution >= 4 is 0 Å². The molecule has 0 amide bonds. The van der Waals surface area contributed by atoms with Gasteiger partial charge in [0.05, 0.1) is 5.69 Å². The maximum atomic E-state index is 4.56. The van der Waals surface area contributed by atoms with Crippen molar-refractivity contribution < 1.29 is 0 Å². The van der Waals surface area contributed by atoms with Crippen LogP contribution in [-0.4, -0.2) is 23.3 Å². The highest BCUT2D eigenvalue weighted by molar-refractivity contribution is 5.64.